The molecule has 1 spiro atoms. The number of hydrogen-bond donors (Lipinski definition) is 0. The summed E-state index contributed by atoms with van der Waals surface area (Å²) in [5.74, 6) is 1.06. The molecule has 0 aromatic heterocycles. The van der Waals surface area contributed by atoms with Crippen molar-refractivity contribution in [2.45, 2.75) is 76.7 Å². The second-order valence-corrected chi connectivity index (χ2v) is 8.53. The Bertz CT molecular complexity index is 523. The number of benzene rings is 1. The molecule has 0 radical (unpaired) electrons. The lowest BCUT2D eigenvalue weighted by atomic mass is 9.64. The van der Waals surface area contributed by atoms with Crippen molar-refractivity contribution in [1.82, 2.24) is 0 Å². The fourth-order valence-corrected chi connectivity index (χ4v) is 4.54. The molecule has 0 heterocycles. The van der Waals surface area contributed by atoms with E-state index < -0.39 is 0 Å². The van der Waals surface area contributed by atoms with Crippen LogP contribution in [0.4, 0.5) is 0 Å². The second-order valence-electron chi connectivity index (χ2n) is 8.00. The fraction of sp³-hybridized carbons (Fsp3) is 0.684. The molecule has 1 aromatic carbocycles. The standard InChI is InChI=1S/C19H27ClO/c1-13-7-8-15(14(11-13)18(2,3)4)21-17-12-16(20)19(17)9-5-6-10-19/h7-8,11,16-17H,5-6,9-10,12H2,1-4H3. The zero-order valence-electron chi connectivity index (χ0n) is 13.7. The molecule has 2 saturated carbocycles. The van der Waals surface area contributed by atoms with E-state index in [0.29, 0.717) is 11.5 Å². The lowest BCUT2D eigenvalue weighted by Gasteiger charge is -2.51. The molecule has 2 unspecified atom stereocenters. The average molecular weight is 307 g/mol. The zero-order chi connectivity index (χ0) is 15.3. The number of hydrogen-bond acceptors (Lipinski definition) is 1. The monoisotopic (exact) mass is 306 g/mol. The molecule has 0 aliphatic heterocycles. The van der Waals surface area contributed by atoms with Crippen molar-refractivity contribution in [2.24, 2.45) is 5.41 Å². The van der Waals surface area contributed by atoms with Crippen molar-refractivity contribution in [3.63, 3.8) is 0 Å². The van der Waals surface area contributed by atoms with Crippen LogP contribution in [0.1, 0.15) is 64.0 Å². The molecule has 0 amide bonds. The van der Waals surface area contributed by atoms with Gasteiger partial charge in [0.05, 0.1) is 0 Å². The zero-order valence-corrected chi connectivity index (χ0v) is 14.5. The van der Waals surface area contributed by atoms with Gasteiger partial charge in [-0.1, -0.05) is 51.3 Å². The van der Waals surface area contributed by atoms with Gasteiger partial charge < -0.3 is 4.74 Å². The van der Waals surface area contributed by atoms with Gasteiger partial charge in [-0.3, -0.25) is 0 Å². The molecule has 2 aliphatic carbocycles. The number of ether oxygens (including phenoxy) is 1. The first kappa shape index (κ1) is 15.2. The second kappa shape index (κ2) is 5.19. The van der Waals surface area contributed by atoms with Gasteiger partial charge >= 0.3 is 0 Å². The van der Waals surface area contributed by atoms with E-state index in [2.05, 4.69) is 45.9 Å². The van der Waals surface area contributed by atoms with Crippen LogP contribution in [0.5, 0.6) is 5.75 Å². The molecule has 1 aromatic rings. The molecule has 3 rings (SSSR count). The van der Waals surface area contributed by atoms with Crippen LogP contribution in [0.25, 0.3) is 0 Å². The summed E-state index contributed by atoms with van der Waals surface area (Å²) in [7, 11) is 0. The van der Waals surface area contributed by atoms with Gasteiger partial charge in [0.2, 0.25) is 0 Å². The van der Waals surface area contributed by atoms with E-state index in [-0.39, 0.29) is 10.8 Å². The molecular weight excluding hydrogens is 280 g/mol. The first-order valence-electron chi connectivity index (χ1n) is 8.25. The maximum atomic E-state index is 6.55. The van der Waals surface area contributed by atoms with Crippen LogP contribution >= 0.6 is 11.6 Å². The summed E-state index contributed by atoms with van der Waals surface area (Å²) in [6.07, 6.45) is 6.40. The lowest BCUT2D eigenvalue weighted by molar-refractivity contribution is -0.0364. The van der Waals surface area contributed by atoms with Crippen molar-refractivity contribution >= 4 is 11.6 Å². The Morgan fingerprint density at radius 2 is 1.86 bits per heavy atom. The molecule has 116 valence electrons. The maximum Gasteiger partial charge on any atom is 0.123 e. The molecule has 0 saturated heterocycles. The number of alkyl halides is 1. The largest absolute Gasteiger partial charge is 0.489 e. The molecule has 1 nitrogen and oxygen atoms in total. The van der Waals surface area contributed by atoms with Crippen LogP contribution in [0, 0.1) is 12.3 Å². The smallest absolute Gasteiger partial charge is 0.123 e. The van der Waals surface area contributed by atoms with E-state index in [9.17, 15) is 0 Å². The van der Waals surface area contributed by atoms with E-state index in [1.807, 2.05) is 0 Å². The first-order chi connectivity index (χ1) is 9.83. The summed E-state index contributed by atoms with van der Waals surface area (Å²) < 4.78 is 6.49. The molecule has 0 N–H and O–H groups in total. The summed E-state index contributed by atoms with van der Waals surface area (Å²) in [6, 6.07) is 6.58. The van der Waals surface area contributed by atoms with Gasteiger partial charge in [0.1, 0.15) is 11.9 Å². The molecule has 2 fully saturated rings. The highest BCUT2D eigenvalue weighted by molar-refractivity contribution is 6.21. The van der Waals surface area contributed by atoms with Gasteiger partial charge in [-0.15, -0.1) is 11.6 Å². The Hall–Kier alpha value is -0.690. The van der Waals surface area contributed by atoms with Crippen molar-refractivity contribution in [2.75, 3.05) is 0 Å². The Labute approximate surface area is 134 Å². The fourth-order valence-electron chi connectivity index (χ4n) is 4.02. The van der Waals surface area contributed by atoms with Crippen LogP contribution in [0.2, 0.25) is 0 Å². The van der Waals surface area contributed by atoms with Crippen molar-refractivity contribution in [1.29, 1.82) is 0 Å². The van der Waals surface area contributed by atoms with Crippen LogP contribution in [0.15, 0.2) is 18.2 Å². The van der Waals surface area contributed by atoms with Crippen molar-refractivity contribution in [3.8, 4) is 5.75 Å². The van der Waals surface area contributed by atoms with E-state index in [1.165, 1.54) is 36.8 Å². The highest BCUT2D eigenvalue weighted by Gasteiger charge is 2.57. The average Bonchev–Trinajstić information content (AvgIpc) is 2.91. The minimum absolute atomic E-state index is 0.105. The minimum atomic E-state index is 0.105. The van der Waals surface area contributed by atoms with E-state index in [4.69, 9.17) is 16.3 Å². The first-order valence-corrected chi connectivity index (χ1v) is 8.68. The highest BCUT2D eigenvalue weighted by Crippen LogP contribution is 2.57. The van der Waals surface area contributed by atoms with Crippen LogP contribution in [0.3, 0.4) is 0 Å². The summed E-state index contributed by atoms with van der Waals surface area (Å²) in [5.41, 5.74) is 2.97. The number of halogens is 1. The SMILES string of the molecule is Cc1ccc(OC2CC(Cl)C23CCCC3)c(C(C)(C)C)c1. The van der Waals surface area contributed by atoms with E-state index >= 15 is 0 Å². The lowest BCUT2D eigenvalue weighted by Crippen LogP contribution is -2.55. The third kappa shape index (κ3) is 2.59. The molecule has 21 heavy (non-hydrogen) atoms. The predicted molar refractivity (Wildman–Crippen MR) is 89.5 cm³/mol. The third-order valence-electron chi connectivity index (χ3n) is 5.43. The van der Waals surface area contributed by atoms with Gasteiger partial charge in [0.15, 0.2) is 0 Å². The van der Waals surface area contributed by atoms with Gasteiger partial charge in [-0.2, -0.15) is 0 Å². The minimum Gasteiger partial charge on any atom is -0.489 e. The van der Waals surface area contributed by atoms with Crippen LogP contribution in [-0.4, -0.2) is 11.5 Å². The molecule has 2 heteroatoms. The summed E-state index contributed by atoms with van der Waals surface area (Å²) in [4.78, 5) is 0. The van der Waals surface area contributed by atoms with Crippen molar-refractivity contribution < 1.29 is 4.74 Å². The van der Waals surface area contributed by atoms with Gasteiger partial charge in [0.25, 0.3) is 0 Å². The molecule has 0 bridgehead atoms. The van der Waals surface area contributed by atoms with E-state index in [0.717, 1.165) is 12.2 Å². The molecule has 2 aliphatic rings. The Morgan fingerprint density at radius 1 is 1.19 bits per heavy atom. The van der Waals surface area contributed by atoms with Gasteiger partial charge in [0, 0.05) is 17.2 Å². The third-order valence-corrected chi connectivity index (χ3v) is 6.05. The highest BCUT2D eigenvalue weighted by atomic mass is 35.5. The van der Waals surface area contributed by atoms with E-state index in [1.54, 1.807) is 0 Å². The van der Waals surface area contributed by atoms with Gasteiger partial charge in [-0.25, -0.2) is 0 Å². The summed E-state index contributed by atoms with van der Waals surface area (Å²) in [6.45, 7) is 8.91. The van der Waals surface area contributed by atoms with Gasteiger partial charge in [-0.05, 0) is 36.8 Å². The molecular formula is C19H27ClO. The quantitative estimate of drug-likeness (QED) is 0.645. The molecule has 2 atom stereocenters. The predicted octanol–water partition coefficient (Wildman–Crippen LogP) is 5.61. The normalized spacial score (nSPS) is 27.7. The van der Waals surface area contributed by atoms with Crippen LogP contribution < -0.4 is 4.74 Å². The van der Waals surface area contributed by atoms with Crippen LogP contribution in [-0.2, 0) is 5.41 Å². The Morgan fingerprint density at radius 3 is 2.43 bits per heavy atom. The maximum absolute atomic E-state index is 6.55. The topological polar surface area (TPSA) is 9.23 Å². The summed E-state index contributed by atoms with van der Waals surface area (Å²) >= 11 is 6.55. The number of rotatable bonds is 2. The number of aryl methyl sites for hydroxylation is 1. The van der Waals surface area contributed by atoms with Crippen molar-refractivity contribution in [3.05, 3.63) is 29.3 Å². The Kier molecular flexibility index (Phi) is 3.76. The summed E-state index contributed by atoms with van der Waals surface area (Å²) in [5, 5.41) is 0.313. The Balaban J connectivity index is 1.86.